The Morgan fingerprint density at radius 2 is 1.12 bits per heavy atom. The highest BCUT2D eigenvalue weighted by Gasteiger charge is 2.20. The maximum absolute atomic E-state index is 6.51. The minimum Gasteiger partial charge on any atom is -0.455 e. The Morgan fingerprint density at radius 1 is 0.452 bits per heavy atom. The molecule has 4 heterocycles. The smallest absolute Gasteiger partial charge is 0.147 e. The predicted molar refractivity (Wildman–Crippen MR) is 170 cm³/mol. The highest BCUT2D eigenvalue weighted by molar-refractivity contribution is 6.25. The molecule has 0 saturated carbocycles. The van der Waals surface area contributed by atoms with Crippen molar-refractivity contribution in [3.8, 4) is 33.8 Å². The van der Waals surface area contributed by atoms with Crippen molar-refractivity contribution in [2.24, 2.45) is 0 Å². The van der Waals surface area contributed by atoms with Gasteiger partial charge in [0.25, 0.3) is 0 Å². The summed E-state index contributed by atoms with van der Waals surface area (Å²) in [5.74, 6) is 0. The van der Waals surface area contributed by atoms with Gasteiger partial charge in [-0.15, -0.1) is 0 Å². The molecule has 4 aromatic heterocycles. The van der Waals surface area contributed by atoms with Crippen LogP contribution >= 0.6 is 0 Å². The van der Waals surface area contributed by atoms with Crippen LogP contribution in [0, 0.1) is 0 Å². The van der Waals surface area contributed by atoms with Gasteiger partial charge in [0, 0.05) is 33.5 Å². The number of hydrogen-bond acceptors (Lipinski definition) is 4. The van der Waals surface area contributed by atoms with Gasteiger partial charge in [0.15, 0.2) is 0 Å². The fraction of sp³-hybridized carbons (Fsp3) is 0. The fourth-order valence-corrected chi connectivity index (χ4v) is 6.10. The average Bonchev–Trinajstić information content (AvgIpc) is 3.63. The largest absolute Gasteiger partial charge is 0.455 e. The van der Waals surface area contributed by atoms with E-state index in [4.69, 9.17) is 13.8 Å². The Bertz CT molecular complexity index is 2470. The van der Waals surface area contributed by atoms with Crippen LogP contribution in [0.25, 0.3) is 88.4 Å². The Kier molecular flexibility index (Phi) is 4.87. The minimum absolute atomic E-state index is 0.842. The molecule has 0 atom stereocenters. The number of nitrogens with zero attached hydrogens (tertiary/aromatic N) is 2. The van der Waals surface area contributed by atoms with E-state index in [-0.39, 0.29) is 0 Å². The summed E-state index contributed by atoms with van der Waals surface area (Å²) in [7, 11) is 0. The van der Waals surface area contributed by atoms with Gasteiger partial charge in [0.2, 0.25) is 0 Å². The zero-order chi connectivity index (χ0) is 27.6. The number of para-hydroxylation sites is 2. The first-order valence-electron chi connectivity index (χ1n) is 14.0. The normalized spacial score (nSPS) is 11.8. The molecule has 0 bridgehead atoms. The summed E-state index contributed by atoms with van der Waals surface area (Å²) in [6.07, 6.45) is 1.79. The van der Waals surface area contributed by atoms with Gasteiger partial charge in [0.1, 0.15) is 22.3 Å². The monoisotopic (exact) mass is 538 g/mol. The molecule has 196 valence electrons. The van der Waals surface area contributed by atoms with Gasteiger partial charge in [-0.1, -0.05) is 72.8 Å². The number of rotatable bonds is 3. The van der Waals surface area contributed by atoms with E-state index in [1.54, 1.807) is 6.20 Å². The molecular weight excluding hydrogens is 516 g/mol. The average molecular weight is 539 g/mol. The molecule has 0 unspecified atom stereocenters. The molecule has 0 aliphatic heterocycles. The SMILES string of the molecule is c1ccc(-c2cccc(-c3ccc4cc(-c5cc6c7ccccc7oc6c6c5oc5ccccc56)ccc4c3)n2)nc1. The Morgan fingerprint density at radius 3 is 1.95 bits per heavy atom. The second kappa shape index (κ2) is 8.88. The first kappa shape index (κ1) is 23.0. The van der Waals surface area contributed by atoms with Crippen molar-refractivity contribution in [1.29, 1.82) is 0 Å². The first-order valence-corrected chi connectivity index (χ1v) is 14.0. The van der Waals surface area contributed by atoms with Gasteiger partial charge in [0.05, 0.1) is 22.5 Å². The summed E-state index contributed by atoms with van der Waals surface area (Å²) in [4.78, 5) is 9.37. The van der Waals surface area contributed by atoms with Crippen molar-refractivity contribution in [2.75, 3.05) is 0 Å². The molecule has 0 N–H and O–H groups in total. The van der Waals surface area contributed by atoms with E-state index in [1.807, 2.05) is 66.7 Å². The van der Waals surface area contributed by atoms with E-state index in [0.29, 0.717) is 0 Å². The van der Waals surface area contributed by atoms with Crippen LogP contribution < -0.4 is 0 Å². The second-order valence-electron chi connectivity index (χ2n) is 10.6. The summed E-state index contributed by atoms with van der Waals surface area (Å²) < 4.78 is 12.9. The van der Waals surface area contributed by atoms with Crippen LogP contribution in [-0.4, -0.2) is 9.97 Å². The molecule has 0 aliphatic rings. The van der Waals surface area contributed by atoms with E-state index in [2.05, 4.69) is 65.6 Å². The van der Waals surface area contributed by atoms with E-state index >= 15 is 0 Å². The second-order valence-corrected chi connectivity index (χ2v) is 10.6. The lowest BCUT2D eigenvalue weighted by Gasteiger charge is -2.09. The maximum Gasteiger partial charge on any atom is 0.147 e. The van der Waals surface area contributed by atoms with Crippen LogP contribution in [0.1, 0.15) is 0 Å². The van der Waals surface area contributed by atoms with Crippen molar-refractivity contribution in [3.63, 3.8) is 0 Å². The van der Waals surface area contributed by atoms with Gasteiger partial charge < -0.3 is 8.83 Å². The van der Waals surface area contributed by atoms with E-state index in [1.165, 1.54) is 0 Å². The van der Waals surface area contributed by atoms with Crippen molar-refractivity contribution < 1.29 is 8.83 Å². The quantitative estimate of drug-likeness (QED) is 0.224. The van der Waals surface area contributed by atoms with E-state index in [9.17, 15) is 0 Å². The topological polar surface area (TPSA) is 52.1 Å². The van der Waals surface area contributed by atoms with Gasteiger partial charge in [-0.05, 0) is 70.9 Å². The predicted octanol–water partition coefficient (Wildman–Crippen LogP) is 10.4. The summed E-state index contributed by atoms with van der Waals surface area (Å²) in [5.41, 5.74) is 9.31. The van der Waals surface area contributed by atoms with Gasteiger partial charge in [-0.3, -0.25) is 4.98 Å². The van der Waals surface area contributed by atoms with Crippen LogP contribution in [0.4, 0.5) is 0 Å². The lowest BCUT2D eigenvalue weighted by Crippen LogP contribution is -1.90. The number of benzene rings is 5. The minimum atomic E-state index is 0.842. The lowest BCUT2D eigenvalue weighted by atomic mass is 9.96. The molecule has 0 radical (unpaired) electrons. The van der Waals surface area contributed by atoms with Gasteiger partial charge >= 0.3 is 0 Å². The number of pyridine rings is 2. The van der Waals surface area contributed by atoms with Crippen molar-refractivity contribution in [3.05, 3.63) is 134 Å². The molecular formula is C38H22N2O2. The Balaban J connectivity index is 1.22. The van der Waals surface area contributed by atoms with Crippen molar-refractivity contribution in [2.45, 2.75) is 0 Å². The molecule has 0 aliphatic carbocycles. The van der Waals surface area contributed by atoms with Crippen molar-refractivity contribution in [1.82, 2.24) is 9.97 Å². The molecule has 4 nitrogen and oxygen atoms in total. The fourth-order valence-electron chi connectivity index (χ4n) is 6.10. The zero-order valence-electron chi connectivity index (χ0n) is 22.4. The Hall–Kier alpha value is -5.74. The molecule has 0 amide bonds. The number of furan rings is 2. The van der Waals surface area contributed by atoms with Crippen LogP contribution in [0.2, 0.25) is 0 Å². The van der Waals surface area contributed by atoms with Crippen molar-refractivity contribution >= 4 is 54.6 Å². The van der Waals surface area contributed by atoms with E-state index < -0.39 is 0 Å². The number of hydrogen-bond donors (Lipinski definition) is 0. The third-order valence-corrected chi connectivity index (χ3v) is 8.11. The molecule has 0 spiro atoms. The summed E-state index contributed by atoms with van der Waals surface area (Å²) in [6.45, 7) is 0. The highest BCUT2D eigenvalue weighted by Crippen LogP contribution is 2.44. The third kappa shape index (κ3) is 3.49. The molecule has 9 aromatic rings. The third-order valence-electron chi connectivity index (χ3n) is 8.11. The summed E-state index contributed by atoms with van der Waals surface area (Å²) >= 11 is 0. The summed E-state index contributed by atoms with van der Waals surface area (Å²) in [6, 6.07) is 43.7. The molecule has 0 saturated heterocycles. The van der Waals surface area contributed by atoms with Crippen LogP contribution in [0.15, 0.2) is 142 Å². The highest BCUT2D eigenvalue weighted by atomic mass is 16.3. The molecule has 5 aromatic carbocycles. The number of aromatic nitrogens is 2. The van der Waals surface area contributed by atoms with Crippen LogP contribution in [-0.2, 0) is 0 Å². The molecule has 42 heavy (non-hydrogen) atoms. The molecule has 4 heteroatoms. The van der Waals surface area contributed by atoms with Crippen LogP contribution in [0.3, 0.4) is 0 Å². The van der Waals surface area contributed by atoms with E-state index in [0.717, 1.165) is 88.4 Å². The summed E-state index contributed by atoms with van der Waals surface area (Å²) in [5, 5.41) is 6.57. The lowest BCUT2D eigenvalue weighted by molar-refractivity contribution is 0.663. The molecule has 0 fully saturated rings. The van der Waals surface area contributed by atoms with Gasteiger partial charge in [-0.2, -0.15) is 0 Å². The van der Waals surface area contributed by atoms with Gasteiger partial charge in [-0.25, -0.2) is 4.98 Å². The zero-order valence-corrected chi connectivity index (χ0v) is 22.4. The van der Waals surface area contributed by atoms with Crippen LogP contribution in [0.5, 0.6) is 0 Å². The molecule has 9 rings (SSSR count). The first-order chi connectivity index (χ1) is 20.8. The maximum atomic E-state index is 6.51. The number of fused-ring (bicyclic) bond motifs is 8. The standard InChI is InChI=1S/C38H22N2O2/c1-3-13-34-27(8-1)30-22-29(37-36(38(30)41-34)28-9-2-4-14-35(28)42-37)25-17-15-24-21-26(18-16-23(24)20-25)31-11-7-12-33(40-31)32-10-5-6-19-39-32/h1-22H. The Labute approximate surface area is 240 Å².